The molecule has 4 heteroatoms. The summed E-state index contributed by atoms with van der Waals surface area (Å²) < 4.78 is 1.99. The van der Waals surface area contributed by atoms with Crippen molar-refractivity contribution in [2.24, 2.45) is 0 Å². The highest BCUT2D eigenvalue weighted by Crippen LogP contribution is 2.27. The van der Waals surface area contributed by atoms with Crippen molar-refractivity contribution in [2.75, 3.05) is 11.4 Å². The van der Waals surface area contributed by atoms with Crippen molar-refractivity contribution in [1.82, 2.24) is 4.98 Å². The normalized spacial score (nSPS) is 10.4. The van der Waals surface area contributed by atoms with Crippen LogP contribution in [0.3, 0.4) is 0 Å². The SMILES string of the molecule is CCN(Cc1ccccc1)c1ncc(Br)cc1Br. The maximum atomic E-state index is 4.48. The van der Waals surface area contributed by atoms with Gasteiger partial charge in [0.2, 0.25) is 0 Å². The lowest BCUT2D eigenvalue weighted by Crippen LogP contribution is -2.23. The summed E-state index contributed by atoms with van der Waals surface area (Å²) in [7, 11) is 0. The number of nitrogens with zero attached hydrogens (tertiary/aromatic N) is 2. The van der Waals surface area contributed by atoms with Crippen LogP contribution in [0.25, 0.3) is 0 Å². The topological polar surface area (TPSA) is 16.1 Å². The van der Waals surface area contributed by atoms with Crippen LogP contribution in [0, 0.1) is 0 Å². The number of hydrogen-bond acceptors (Lipinski definition) is 2. The molecule has 0 aliphatic rings. The van der Waals surface area contributed by atoms with Gasteiger partial charge in [-0.1, -0.05) is 30.3 Å². The first-order chi connectivity index (χ1) is 8.70. The highest BCUT2D eigenvalue weighted by Gasteiger charge is 2.10. The Balaban J connectivity index is 2.23. The van der Waals surface area contributed by atoms with Crippen LogP contribution in [-0.2, 0) is 6.54 Å². The van der Waals surface area contributed by atoms with Gasteiger partial charge in [-0.15, -0.1) is 0 Å². The van der Waals surface area contributed by atoms with Gasteiger partial charge >= 0.3 is 0 Å². The third kappa shape index (κ3) is 3.33. The first-order valence-electron chi connectivity index (χ1n) is 5.80. The molecule has 0 aliphatic carbocycles. The average Bonchev–Trinajstić information content (AvgIpc) is 2.38. The molecule has 0 atom stereocenters. The molecule has 1 heterocycles. The molecule has 0 aliphatic heterocycles. The Morgan fingerprint density at radius 1 is 1.17 bits per heavy atom. The van der Waals surface area contributed by atoms with Crippen LogP contribution in [0.1, 0.15) is 12.5 Å². The van der Waals surface area contributed by atoms with E-state index in [0.717, 1.165) is 27.9 Å². The quantitative estimate of drug-likeness (QED) is 0.780. The zero-order valence-corrected chi connectivity index (χ0v) is 13.3. The van der Waals surface area contributed by atoms with E-state index >= 15 is 0 Å². The molecule has 0 saturated carbocycles. The van der Waals surface area contributed by atoms with Crippen LogP contribution in [0.4, 0.5) is 5.82 Å². The van der Waals surface area contributed by atoms with Gasteiger partial charge in [-0.3, -0.25) is 0 Å². The Bertz CT molecular complexity index is 514. The van der Waals surface area contributed by atoms with E-state index in [2.05, 4.69) is 72.9 Å². The predicted molar refractivity (Wildman–Crippen MR) is 82.8 cm³/mol. The van der Waals surface area contributed by atoms with Crippen molar-refractivity contribution in [3.63, 3.8) is 0 Å². The first kappa shape index (κ1) is 13.6. The predicted octanol–water partition coefficient (Wildman–Crippen LogP) is 4.63. The summed E-state index contributed by atoms with van der Waals surface area (Å²) in [5.74, 6) is 0.976. The van der Waals surface area contributed by atoms with Crippen LogP contribution < -0.4 is 4.90 Å². The summed E-state index contributed by atoms with van der Waals surface area (Å²) in [4.78, 5) is 6.72. The summed E-state index contributed by atoms with van der Waals surface area (Å²) in [6, 6.07) is 12.5. The zero-order chi connectivity index (χ0) is 13.0. The van der Waals surface area contributed by atoms with E-state index in [1.54, 1.807) is 0 Å². The van der Waals surface area contributed by atoms with Crippen molar-refractivity contribution >= 4 is 37.7 Å². The van der Waals surface area contributed by atoms with Gasteiger partial charge in [0.25, 0.3) is 0 Å². The number of hydrogen-bond donors (Lipinski definition) is 0. The molecule has 1 aromatic heterocycles. The lowest BCUT2D eigenvalue weighted by Gasteiger charge is -2.23. The van der Waals surface area contributed by atoms with Crippen LogP contribution in [-0.4, -0.2) is 11.5 Å². The molecule has 2 rings (SSSR count). The fraction of sp³-hybridized carbons (Fsp3) is 0.214. The number of halogens is 2. The average molecular weight is 370 g/mol. The minimum Gasteiger partial charge on any atom is -0.352 e. The van der Waals surface area contributed by atoms with E-state index in [1.165, 1.54) is 5.56 Å². The molecule has 0 spiro atoms. The Labute approximate surface area is 124 Å². The van der Waals surface area contributed by atoms with Crippen LogP contribution in [0.15, 0.2) is 51.5 Å². The van der Waals surface area contributed by atoms with Gasteiger partial charge in [-0.2, -0.15) is 0 Å². The number of rotatable bonds is 4. The Hall–Kier alpha value is -0.870. The minimum absolute atomic E-state index is 0.866. The highest BCUT2D eigenvalue weighted by atomic mass is 79.9. The van der Waals surface area contributed by atoms with Crippen molar-refractivity contribution in [3.05, 3.63) is 57.1 Å². The van der Waals surface area contributed by atoms with E-state index in [4.69, 9.17) is 0 Å². The second-order valence-corrected chi connectivity index (χ2v) is 5.73. The zero-order valence-electron chi connectivity index (χ0n) is 10.1. The van der Waals surface area contributed by atoms with E-state index < -0.39 is 0 Å². The van der Waals surface area contributed by atoms with E-state index in [1.807, 2.05) is 18.3 Å². The lowest BCUT2D eigenvalue weighted by molar-refractivity contribution is 0.810. The molecule has 0 radical (unpaired) electrons. The van der Waals surface area contributed by atoms with Gasteiger partial charge in [0, 0.05) is 23.8 Å². The van der Waals surface area contributed by atoms with E-state index in [9.17, 15) is 0 Å². The fourth-order valence-corrected chi connectivity index (χ4v) is 3.02. The molecule has 2 nitrogen and oxygen atoms in total. The van der Waals surface area contributed by atoms with Crippen molar-refractivity contribution in [1.29, 1.82) is 0 Å². The van der Waals surface area contributed by atoms with Crippen molar-refractivity contribution < 1.29 is 0 Å². The second-order valence-electron chi connectivity index (χ2n) is 3.96. The molecule has 0 N–H and O–H groups in total. The standard InChI is InChI=1S/C14H14Br2N2/c1-2-18(10-11-6-4-3-5-7-11)14-13(16)8-12(15)9-17-14/h3-9H,2,10H2,1H3. The second kappa shape index (κ2) is 6.34. The minimum atomic E-state index is 0.866. The molecule has 0 bridgehead atoms. The summed E-state index contributed by atoms with van der Waals surface area (Å²) in [5.41, 5.74) is 1.29. The maximum Gasteiger partial charge on any atom is 0.143 e. The van der Waals surface area contributed by atoms with Gasteiger partial charge in [0.15, 0.2) is 0 Å². The van der Waals surface area contributed by atoms with Crippen molar-refractivity contribution in [3.8, 4) is 0 Å². The molecular weight excluding hydrogens is 356 g/mol. The Morgan fingerprint density at radius 3 is 2.50 bits per heavy atom. The fourth-order valence-electron chi connectivity index (χ4n) is 1.78. The van der Waals surface area contributed by atoms with Gasteiger partial charge in [-0.05, 0) is 50.4 Å². The van der Waals surface area contributed by atoms with Gasteiger partial charge in [0.05, 0.1) is 4.47 Å². The summed E-state index contributed by atoms with van der Waals surface area (Å²) in [6.45, 7) is 3.92. The van der Waals surface area contributed by atoms with E-state index in [0.29, 0.717) is 0 Å². The van der Waals surface area contributed by atoms with Gasteiger partial charge in [-0.25, -0.2) is 4.98 Å². The number of aromatic nitrogens is 1. The van der Waals surface area contributed by atoms with Gasteiger partial charge in [0.1, 0.15) is 5.82 Å². The molecule has 0 unspecified atom stereocenters. The number of pyridine rings is 1. The Morgan fingerprint density at radius 2 is 1.89 bits per heavy atom. The maximum absolute atomic E-state index is 4.48. The third-order valence-corrected chi connectivity index (χ3v) is 3.70. The molecule has 1 aromatic carbocycles. The Kier molecular flexibility index (Phi) is 4.78. The molecule has 0 amide bonds. The number of benzene rings is 1. The van der Waals surface area contributed by atoms with Crippen molar-refractivity contribution in [2.45, 2.75) is 13.5 Å². The first-order valence-corrected chi connectivity index (χ1v) is 7.39. The van der Waals surface area contributed by atoms with Crippen LogP contribution in [0.5, 0.6) is 0 Å². The molecular formula is C14H14Br2N2. The third-order valence-electron chi connectivity index (χ3n) is 2.69. The number of anilines is 1. The summed E-state index contributed by atoms with van der Waals surface area (Å²) in [5, 5.41) is 0. The van der Waals surface area contributed by atoms with Crippen LogP contribution >= 0.6 is 31.9 Å². The summed E-state index contributed by atoms with van der Waals surface area (Å²) in [6.07, 6.45) is 1.83. The largest absolute Gasteiger partial charge is 0.352 e. The summed E-state index contributed by atoms with van der Waals surface area (Å²) >= 11 is 6.99. The molecule has 0 saturated heterocycles. The molecule has 94 valence electrons. The highest BCUT2D eigenvalue weighted by molar-refractivity contribution is 9.11. The van der Waals surface area contributed by atoms with Crippen LogP contribution in [0.2, 0.25) is 0 Å². The smallest absolute Gasteiger partial charge is 0.143 e. The van der Waals surface area contributed by atoms with Gasteiger partial charge < -0.3 is 4.90 Å². The molecule has 18 heavy (non-hydrogen) atoms. The molecule has 2 aromatic rings. The monoisotopic (exact) mass is 368 g/mol. The lowest BCUT2D eigenvalue weighted by atomic mass is 10.2. The van der Waals surface area contributed by atoms with E-state index in [-0.39, 0.29) is 0 Å². The molecule has 0 fully saturated rings.